The molecule has 0 N–H and O–H groups in total. The fourth-order valence-electron chi connectivity index (χ4n) is 2.69. The van der Waals surface area contributed by atoms with E-state index in [1.54, 1.807) is 36.4 Å². The molecule has 3 aromatic rings. The van der Waals surface area contributed by atoms with Gasteiger partial charge in [-0.15, -0.1) is 13.2 Å². The average Bonchev–Trinajstić information content (AvgIpc) is 2.92. The first-order chi connectivity index (χ1) is 12.7. The van der Waals surface area contributed by atoms with E-state index >= 15 is 0 Å². The number of fused-ring (bicyclic) bond motifs is 1. The van der Waals surface area contributed by atoms with E-state index in [1.807, 2.05) is 18.2 Å². The van der Waals surface area contributed by atoms with Crippen LogP contribution in [-0.4, -0.2) is 7.25 Å². The van der Waals surface area contributed by atoms with Crippen molar-refractivity contribution in [2.24, 2.45) is 0 Å². The Balaban J connectivity index is 0.000000500. The molecule has 28 heavy (non-hydrogen) atoms. The van der Waals surface area contributed by atoms with Gasteiger partial charge in [0, 0.05) is 17.0 Å². The Morgan fingerprint density at radius 1 is 0.786 bits per heavy atom. The molecule has 1 unspecified atom stereocenters. The molecule has 1 heterocycles. The minimum Gasteiger partial charge on any atom is -0.418 e. The van der Waals surface area contributed by atoms with Crippen LogP contribution in [0.2, 0.25) is 0 Å². The van der Waals surface area contributed by atoms with Crippen LogP contribution in [0.5, 0.6) is 0 Å². The Labute approximate surface area is 161 Å². The summed E-state index contributed by atoms with van der Waals surface area (Å²) in [5.74, 6) is 0. The van der Waals surface area contributed by atoms with Gasteiger partial charge in [-0.05, 0) is 35.2 Å². The molecule has 0 radical (unpaired) electrons. The smallest absolute Gasteiger partial charge is 0.418 e. The van der Waals surface area contributed by atoms with Crippen molar-refractivity contribution in [3.8, 4) is 10.4 Å². The predicted molar refractivity (Wildman–Crippen MR) is 102 cm³/mol. The third-order valence-corrected chi connectivity index (χ3v) is 5.96. The van der Waals surface area contributed by atoms with Crippen LogP contribution in [0.15, 0.2) is 54.6 Å². The second kappa shape index (κ2) is 7.77. The largest absolute Gasteiger partial charge is 0.673 e. The Morgan fingerprint density at radius 2 is 1.36 bits per heavy atom. The number of rotatable bonds is 1. The minimum atomic E-state index is -6.00. The van der Waals surface area contributed by atoms with Crippen LogP contribution in [0.25, 0.3) is 20.5 Å². The molecule has 1 atom stereocenters. The summed E-state index contributed by atoms with van der Waals surface area (Å²) in [6, 6.07) is 16.0. The highest BCUT2D eigenvalue weighted by atomic mass is 32.2. The molecule has 0 saturated heterocycles. The van der Waals surface area contributed by atoms with Crippen LogP contribution < -0.4 is 0 Å². The van der Waals surface area contributed by atoms with Gasteiger partial charge in [0.25, 0.3) is 0 Å². The van der Waals surface area contributed by atoms with Crippen molar-refractivity contribution in [3.63, 3.8) is 0 Å². The first-order valence-electron chi connectivity index (χ1n) is 8.28. The Morgan fingerprint density at radius 3 is 1.89 bits per heavy atom. The number of thiophene rings is 1. The molecule has 0 saturated carbocycles. The van der Waals surface area contributed by atoms with Gasteiger partial charge in [0.05, 0.1) is 0 Å². The van der Waals surface area contributed by atoms with E-state index in [4.69, 9.17) is 0 Å². The van der Waals surface area contributed by atoms with Crippen LogP contribution in [-0.2, 0) is 10.9 Å². The SMILES string of the molecule is CC(C)(C)c1cccc(-c2cc3ccccc3[s+]2C(F)(F)F)c1.F[B-](F)(F)F. The lowest BCUT2D eigenvalue weighted by atomic mass is 9.86. The number of hydrogen-bond donors (Lipinski definition) is 0. The first kappa shape index (κ1) is 22.3. The van der Waals surface area contributed by atoms with Crippen LogP contribution in [0.3, 0.4) is 0 Å². The standard InChI is InChI=1S/C19H18F3S.BF4/c1-18(2,3)15-9-6-8-13(11-15)17-12-14-7-4-5-10-16(14)23(17)19(20,21)22;2-1(3,4)5/h4-12H,1-3H3;/q+1;-1. The molecular weight excluding hydrogens is 404 g/mol. The van der Waals surface area contributed by atoms with E-state index in [1.165, 1.54) is 0 Å². The van der Waals surface area contributed by atoms with E-state index in [0.717, 1.165) is 5.56 Å². The van der Waals surface area contributed by atoms with Crippen molar-refractivity contribution in [2.75, 3.05) is 0 Å². The van der Waals surface area contributed by atoms with E-state index in [9.17, 15) is 30.4 Å². The van der Waals surface area contributed by atoms with E-state index < -0.39 is 23.2 Å². The average molecular weight is 422 g/mol. The summed E-state index contributed by atoms with van der Waals surface area (Å²) in [4.78, 5) is 0.366. The van der Waals surface area contributed by atoms with Crippen LogP contribution in [0, 0.1) is 0 Å². The summed E-state index contributed by atoms with van der Waals surface area (Å²) in [5, 5.41) is 0.671. The molecule has 0 amide bonds. The van der Waals surface area contributed by atoms with Crippen molar-refractivity contribution >= 4 is 27.8 Å². The maximum absolute atomic E-state index is 13.7. The molecule has 152 valence electrons. The number of benzene rings is 2. The van der Waals surface area contributed by atoms with Gasteiger partial charge in [0.1, 0.15) is 10.5 Å². The van der Waals surface area contributed by atoms with Gasteiger partial charge < -0.3 is 17.3 Å². The number of hydrogen-bond acceptors (Lipinski definition) is 0. The molecule has 0 aliphatic heterocycles. The van der Waals surface area contributed by atoms with Gasteiger partial charge in [-0.3, -0.25) is 0 Å². The van der Waals surface area contributed by atoms with Crippen molar-refractivity contribution in [2.45, 2.75) is 31.7 Å². The molecule has 3 rings (SSSR count). The first-order valence-corrected chi connectivity index (χ1v) is 9.50. The quantitative estimate of drug-likeness (QED) is 0.210. The zero-order chi connectivity index (χ0) is 21.3. The van der Waals surface area contributed by atoms with Gasteiger partial charge in [-0.25, -0.2) is 0 Å². The molecule has 0 fully saturated rings. The van der Waals surface area contributed by atoms with E-state index in [0.29, 0.717) is 20.5 Å². The zero-order valence-corrected chi connectivity index (χ0v) is 16.1. The molecule has 0 spiro atoms. The maximum Gasteiger partial charge on any atom is 0.673 e. The lowest BCUT2D eigenvalue weighted by Gasteiger charge is -2.19. The molecule has 0 nitrogen and oxygen atoms in total. The van der Waals surface area contributed by atoms with E-state index in [-0.39, 0.29) is 5.41 Å². The summed E-state index contributed by atoms with van der Waals surface area (Å²) in [6.45, 7) is 6.19. The van der Waals surface area contributed by atoms with Crippen LogP contribution in [0.4, 0.5) is 30.4 Å². The molecule has 9 heteroatoms. The van der Waals surface area contributed by atoms with Crippen molar-refractivity contribution in [1.29, 1.82) is 0 Å². The summed E-state index contributed by atoms with van der Waals surface area (Å²) in [6.07, 6.45) is 0. The monoisotopic (exact) mass is 422 g/mol. The predicted octanol–water partition coefficient (Wildman–Crippen LogP) is 8.33. The van der Waals surface area contributed by atoms with Gasteiger partial charge in [0.15, 0.2) is 9.58 Å². The summed E-state index contributed by atoms with van der Waals surface area (Å²) in [5.41, 5.74) is -2.67. The minimum absolute atomic E-state index is 0.0983. The zero-order valence-electron chi connectivity index (χ0n) is 15.3. The van der Waals surface area contributed by atoms with Gasteiger partial charge in [0.2, 0.25) is 0 Å². The van der Waals surface area contributed by atoms with E-state index in [2.05, 4.69) is 20.8 Å². The van der Waals surface area contributed by atoms with Crippen molar-refractivity contribution < 1.29 is 30.4 Å². The third-order valence-electron chi connectivity index (χ3n) is 3.89. The summed E-state index contributed by atoms with van der Waals surface area (Å²) >= 11 is 0. The topological polar surface area (TPSA) is 0 Å². The fraction of sp³-hybridized carbons (Fsp3) is 0.263. The Bertz CT molecular complexity index is 943. The highest BCUT2D eigenvalue weighted by molar-refractivity contribution is 7.41. The Kier molecular flexibility index (Phi) is 6.18. The molecule has 1 aromatic heterocycles. The fourth-order valence-corrected chi connectivity index (χ4v) is 4.61. The lowest BCUT2D eigenvalue weighted by Crippen LogP contribution is -2.10. The Hall–Kier alpha value is -2.03. The normalized spacial score (nSPS) is 13.3. The van der Waals surface area contributed by atoms with Crippen LogP contribution in [0.1, 0.15) is 26.3 Å². The number of halogens is 7. The molecular formula is C19H18BF7S. The van der Waals surface area contributed by atoms with Crippen molar-refractivity contribution in [3.05, 3.63) is 60.2 Å². The lowest BCUT2D eigenvalue weighted by molar-refractivity contribution is -0.0864. The third kappa shape index (κ3) is 5.74. The number of alkyl halides is 3. The van der Waals surface area contributed by atoms with Crippen molar-refractivity contribution in [1.82, 2.24) is 0 Å². The van der Waals surface area contributed by atoms with Gasteiger partial charge in [-0.2, -0.15) is 0 Å². The van der Waals surface area contributed by atoms with Gasteiger partial charge in [-0.1, -0.05) is 45.0 Å². The summed E-state index contributed by atoms with van der Waals surface area (Å²) in [7, 11) is -7.88. The maximum atomic E-state index is 13.7. The molecule has 0 aliphatic carbocycles. The second-order valence-corrected chi connectivity index (χ2v) is 9.08. The molecule has 2 aromatic carbocycles. The highest BCUT2D eigenvalue weighted by Crippen LogP contribution is 2.54. The second-order valence-electron chi connectivity index (χ2n) is 7.12. The highest BCUT2D eigenvalue weighted by Gasteiger charge is 2.48. The van der Waals surface area contributed by atoms with Gasteiger partial charge >= 0.3 is 12.8 Å². The molecule has 0 aliphatic rings. The van der Waals surface area contributed by atoms with Crippen LogP contribution >= 0.6 is 10.5 Å². The summed E-state index contributed by atoms with van der Waals surface area (Å²) < 4.78 is 80.4. The molecule has 0 bridgehead atoms.